The van der Waals surface area contributed by atoms with Crippen molar-refractivity contribution in [3.8, 4) is 0 Å². The van der Waals surface area contributed by atoms with Gasteiger partial charge in [-0.25, -0.2) is 0 Å². The summed E-state index contributed by atoms with van der Waals surface area (Å²) in [6.07, 6.45) is 4.97. The first-order chi connectivity index (χ1) is 11.9. The van der Waals surface area contributed by atoms with Gasteiger partial charge in [0.1, 0.15) is 0 Å². The summed E-state index contributed by atoms with van der Waals surface area (Å²) in [5, 5.41) is 4.80. The van der Waals surface area contributed by atoms with E-state index in [0.717, 1.165) is 10.9 Å². The molecule has 0 bridgehead atoms. The van der Waals surface area contributed by atoms with Gasteiger partial charge in [0.05, 0.1) is 18.7 Å². The number of carbonyl (C=O) groups is 1. The van der Waals surface area contributed by atoms with Crippen LogP contribution in [0.1, 0.15) is 47.5 Å². The van der Waals surface area contributed by atoms with E-state index in [9.17, 15) is 4.79 Å². The molecule has 1 saturated carbocycles. The topological polar surface area (TPSA) is 29.1 Å². The van der Waals surface area contributed by atoms with Gasteiger partial charge in [-0.1, -0.05) is 74.4 Å². The fourth-order valence-electron chi connectivity index (χ4n) is 3.77. The van der Waals surface area contributed by atoms with Crippen molar-refractivity contribution in [2.45, 2.75) is 51.2 Å². The molecule has 0 radical (unpaired) electrons. The zero-order valence-corrected chi connectivity index (χ0v) is 17.0. The van der Waals surface area contributed by atoms with Crippen LogP contribution in [-0.4, -0.2) is 14.0 Å². The highest BCUT2D eigenvalue weighted by Gasteiger charge is 2.26. The molecule has 0 aromatic heterocycles. The molecule has 4 heteroatoms. The Bertz CT molecular complexity index is 776. The first-order valence-electron chi connectivity index (χ1n) is 9.07. The Morgan fingerprint density at radius 2 is 1.72 bits per heavy atom. The molecule has 2 aromatic rings. The SMILES string of the molecule is C[Si](C)(C)c1cccc(Cl)c1C(=O)Nc1ccccc1C1CCCC1. The molecule has 132 valence electrons. The van der Waals surface area contributed by atoms with Crippen molar-refractivity contribution in [1.82, 2.24) is 0 Å². The van der Waals surface area contributed by atoms with Crippen molar-refractivity contribution in [1.29, 1.82) is 0 Å². The average Bonchev–Trinajstić information content (AvgIpc) is 3.08. The van der Waals surface area contributed by atoms with Crippen molar-refractivity contribution in [3.63, 3.8) is 0 Å². The molecule has 1 N–H and O–H groups in total. The van der Waals surface area contributed by atoms with Crippen LogP contribution in [0.4, 0.5) is 5.69 Å². The van der Waals surface area contributed by atoms with Crippen molar-refractivity contribution in [2.75, 3.05) is 5.32 Å². The second-order valence-electron chi connectivity index (χ2n) is 7.94. The highest BCUT2D eigenvalue weighted by molar-refractivity contribution is 6.89. The Kier molecular flexibility index (Phi) is 5.35. The average molecular weight is 372 g/mol. The lowest BCUT2D eigenvalue weighted by Crippen LogP contribution is -2.42. The summed E-state index contributed by atoms with van der Waals surface area (Å²) in [6.45, 7) is 6.71. The number of rotatable bonds is 4. The molecule has 0 heterocycles. The number of para-hydroxylation sites is 1. The summed E-state index contributed by atoms with van der Waals surface area (Å²) < 4.78 is 0. The smallest absolute Gasteiger partial charge is 0.257 e. The zero-order valence-electron chi connectivity index (χ0n) is 15.2. The summed E-state index contributed by atoms with van der Waals surface area (Å²) in [4.78, 5) is 13.1. The van der Waals surface area contributed by atoms with Crippen molar-refractivity contribution in [2.24, 2.45) is 0 Å². The quantitative estimate of drug-likeness (QED) is 0.676. The molecule has 0 spiro atoms. The number of anilines is 1. The van der Waals surface area contributed by atoms with Crippen LogP contribution in [0, 0.1) is 0 Å². The Morgan fingerprint density at radius 3 is 2.40 bits per heavy atom. The van der Waals surface area contributed by atoms with Crippen LogP contribution in [0.5, 0.6) is 0 Å². The van der Waals surface area contributed by atoms with Gasteiger partial charge < -0.3 is 5.32 Å². The van der Waals surface area contributed by atoms with Crippen LogP contribution in [0.3, 0.4) is 0 Å². The molecule has 1 aliphatic carbocycles. The monoisotopic (exact) mass is 371 g/mol. The predicted octanol–water partition coefficient (Wildman–Crippen LogP) is 5.80. The minimum atomic E-state index is -1.67. The van der Waals surface area contributed by atoms with Crippen LogP contribution in [0.15, 0.2) is 42.5 Å². The molecular formula is C21H26ClNOSi. The largest absolute Gasteiger partial charge is 0.322 e. The predicted molar refractivity (Wildman–Crippen MR) is 110 cm³/mol. The maximum absolute atomic E-state index is 13.1. The van der Waals surface area contributed by atoms with E-state index in [0.29, 0.717) is 16.5 Å². The fourth-order valence-corrected chi connectivity index (χ4v) is 5.70. The first kappa shape index (κ1) is 18.2. The molecule has 3 rings (SSSR count). The maximum Gasteiger partial charge on any atom is 0.257 e. The van der Waals surface area contributed by atoms with Crippen LogP contribution in [0.25, 0.3) is 0 Å². The molecule has 0 saturated heterocycles. The zero-order chi connectivity index (χ0) is 18.0. The maximum atomic E-state index is 13.1. The Morgan fingerprint density at radius 1 is 1.04 bits per heavy atom. The number of nitrogens with one attached hydrogen (secondary N) is 1. The second-order valence-corrected chi connectivity index (χ2v) is 13.4. The molecule has 1 aliphatic rings. The van der Waals surface area contributed by atoms with Gasteiger partial charge in [-0.05, 0) is 41.6 Å². The Hall–Kier alpha value is -1.58. The molecule has 0 atom stereocenters. The van der Waals surface area contributed by atoms with E-state index < -0.39 is 8.07 Å². The third-order valence-corrected chi connectivity index (χ3v) is 7.40. The fraction of sp³-hybridized carbons (Fsp3) is 0.381. The van der Waals surface area contributed by atoms with Gasteiger partial charge in [0.25, 0.3) is 5.91 Å². The van der Waals surface area contributed by atoms with Gasteiger partial charge in [0, 0.05) is 5.69 Å². The third kappa shape index (κ3) is 3.99. The molecule has 25 heavy (non-hydrogen) atoms. The van der Waals surface area contributed by atoms with Crippen LogP contribution < -0.4 is 10.5 Å². The normalized spacial score (nSPS) is 15.4. The summed E-state index contributed by atoms with van der Waals surface area (Å²) in [5.41, 5.74) is 2.83. The number of hydrogen-bond donors (Lipinski definition) is 1. The third-order valence-electron chi connectivity index (χ3n) is 5.05. The minimum Gasteiger partial charge on any atom is -0.322 e. The lowest BCUT2D eigenvalue weighted by Gasteiger charge is -2.22. The number of carbonyl (C=O) groups excluding carboxylic acids is 1. The van der Waals surface area contributed by atoms with E-state index in [-0.39, 0.29) is 5.91 Å². The van der Waals surface area contributed by atoms with Gasteiger partial charge in [-0.15, -0.1) is 0 Å². The second kappa shape index (κ2) is 7.34. The Labute approximate surface area is 156 Å². The number of amides is 1. The van der Waals surface area contributed by atoms with E-state index in [1.165, 1.54) is 31.2 Å². The highest BCUT2D eigenvalue weighted by atomic mass is 35.5. The van der Waals surface area contributed by atoms with Gasteiger partial charge in [0.2, 0.25) is 0 Å². The molecule has 2 nitrogen and oxygen atoms in total. The van der Waals surface area contributed by atoms with E-state index in [2.05, 4.69) is 43.2 Å². The molecule has 2 aromatic carbocycles. The number of hydrogen-bond acceptors (Lipinski definition) is 1. The lowest BCUT2D eigenvalue weighted by molar-refractivity contribution is 0.102. The van der Waals surface area contributed by atoms with Crippen molar-refractivity contribution < 1.29 is 4.79 Å². The van der Waals surface area contributed by atoms with Crippen molar-refractivity contribution in [3.05, 3.63) is 58.6 Å². The van der Waals surface area contributed by atoms with E-state index in [1.807, 2.05) is 24.3 Å². The van der Waals surface area contributed by atoms with Gasteiger partial charge >= 0.3 is 0 Å². The summed E-state index contributed by atoms with van der Waals surface area (Å²) in [7, 11) is -1.67. The van der Waals surface area contributed by atoms with Crippen LogP contribution in [0.2, 0.25) is 24.7 Å². The number of benzene rings is 2. The van der Waals surface area contributed by atoms with E-state index >= 15 is 0 Å². The van der Waals surface area contributed by atoms with Gasteiger partial charge in [0.15, 0.2) is 0 Å². The van der Waals surface area contributed by atoms with Crippen LogP contribution in [-0.2, 0) is 0 Å². The standard InChI is InChI=1S/C21H26ClNOSi/c1-25(2,3)19-14-8-12-17(22)20(19)21(24)23-18-13-7-6-11-16(18)15-9-4-5-10-15/h6-8,11-15H,4-5,9-10H2,1-3H3,(H,23,24). The van der Waals surface area contributed by atoms with Crippen molar-refractivity contribution >= 4 is 36.5 Å². The minimum absolute atomic E-state index is 0.0894. The van der Waals surface area contributed by atoms with E-state index in [4.69, 9.17) is 11.6 Å². The first-order valence-corrected chi connectivity index (χ1v) is 12.9. The summed E-state index contributed by atoms with van der Waals surface area (Å²) in [6, 6.07) is 14.0. The van der Waals surface area contributed by atoms with Crippen LogP contribution >= 0.6 is 11.6 Å². The van der Waals surface area contributed by atoms with Gasteiger partial charge in [-0.3, -0.25) is 4.79 Å². The summed E-state index contributed by atoms with van der Waals surface area (Å²) in [5.74, 6) is 0.465. The number of halogens is 1. The molecule has 1 amide bonds. The molecule has 1 fully saturated rings. The lowest BCUT2D eigenvalue weighted by atomic mass is 9.96. The summed E-state index contributed by atoms with van der Waals surface area (Å²) >= 11 is 6.42. The van der Waals surface area contributed by atoms with Gasteiger partial charge in [-0.2, -0.15) is 0 Å². The molecule has 0 aliphatic heterocycles. The molecular weight excluding hydrogens is 346 g/mol. The molecule has 0 unspecified atom stereocenters. The van der Waals surface area contributed by atoms with E-state index in [1.54, 1.807) is 0 Å². The Balaban J connectivity index is 1.94. The highest BCUT2D eigenvalue weighted by Crippen LogP contribution is 2.37.